The highest BCUT2D eigenvalue weighted by molar-refractivity contribution is 5.73. The number of nitrogens with one attached hydrogen (secondary N) is 1. The van der Waals surface area contributed by atoms with Gasteiger partial charge in [0.25, 0.3) is 0 Å². The first-order valence-corrected chi connectivity index (χ1v) is 16.5. The van der Waals surface area contributed by atoms with E-state index in [1.54, 1.807) is 0 Å². The molecular formula is C32H53NO10. The van der Waals surface area contributed by atoms with E-state index in [2.05, 4.69) is 26.1 Å². The van der Waals surface area contributed by atoms with E-state index in [0.717, 1.165) is 38.5 Å². The predicted octanol–water partition coefficient (Wildman–Crippen LogP) is 1.98. The molecule has 4 aliphatic carbocycles. The first-order chi connectivity index (χ1) is 20.3. The van der Waals surface area contributed by atoms with Gasteiger partial charge in [-0.25, -0.2) is 4.79 Å². The van der Waals surface area contributed by atoms with Crippen LogP contribution in [0.4, 0.5) is 0 Å². The third-order valence-corrected chi connectivity index (χ3v) is 12.8. The summed E-state index contributed by atoms with van der Waals surface area (Å²) in [5, 5.41) is 63.6. The van der Waals surface area contributed by atoms with Crippen molar-refractivity contribution in [3.63, 3.8) is 0 Å². The molecule has 11 heteroatoms. The minimum Gasteiger partial charge on any atom is -0.480 e. The Morgan fingerprint density at radius 3 is 2.33 bits per heavy atom. The van der Waals surface area contributed by atoms with E-state index in [-0.39, 0.29) is 35.3 Å². The highest BCUT2D eigenvalue weighted by Gasteiger charge is 2.63. The molecule has 1 aliphatic heterocycles. The van der Waals surface area contributed by atoms with Crippen molar-refractivity contribution in [2.45, 2.75) is 128 Å². The Balaban J connectivity index is 1.21. The third-order valence-electron chi connectivity index (χ3n) is 12.8. The largest absolute Gasteiger partial charge is 0.480 e. The number of carboxylic acid groups (broad SMARTS) is 2. The standard InChI is InChI=1S/C32H53NO10/c1-16(5-4-12-33-15-23(35)36)19-6-7-20-24-21(9-11-32(19,20)3)31(2)10-8-18(13-17(31)14-22(24)34)42-30-27(39)25(37)26(38)28(43-30)29(40)41/h16-22,24-28,30,33-34,37-39H,4-15H2,1-3H3,(H,35,36)(H,40,41)/t16-,17+,18-,19-,20+,21+,22+,24+,25+,26+,27-,28+,30-,31+,32-/m1/s1. The lowest BCUT2D eigenvalue weighted by Crippen LogP contribution is -2.61. The Bertz CT molecular complexity index is 1010. The smallest absolute Gasteiger partial charge is 0.335 e. The number of aliphatic carboxylic acids is 2. The maximum absolute atomic E-state index is 11.7. The van der Waals surface area contributed by atoms with E-state index in [1.165, 1.54) is 6.42 Å². The van der Waals surface area contributed by atoms with Gasteiger partial charge in [0.05, 0.1) is 18.8 Å². The average molecular weight is 612 g/mol. The number of hydrogen-bond donors (Lipinski definition) is 7. The summed E-state index contributed by atoms with van der Waals surface area (Å²) in [5.41, 5.74) is 0.246. The average Bonchev–Trinajstić information content (AvgIpc) is 3.30. The van der Waals surface area contributed by atoms with Crippen LogP contribution in [0.2, 0.25) is 0 Å². The molecule has 4 saturated carbocycles. The van der Waals surface area contributed by atoms with Gasteiger partial charge in [-0.15, -0.1) is 0 Å². The van der Waals surface area contributed by atoms with Gasteiger partial charge in [0.1, 0.15) is 18.3 Å². The number of aliphatic hydroxyl groups excluding tert-OH is 4. The first-order valence-electron chi connectivity index (χ1n) is 16.5. The summed E-state index contributed by atoms with van der Waals surface area (Å²) in [4.78, 5) is 22.3. The van der Waals surface area contributed by atoms with Gasteiger partial charge in [0, 0.05) is 0 Å². The molecule has 11 nitrogen and oxygen atoms in total. The monoisotopic (exact) mass is 611 g/mol. The maximum Gasteiger partial charge on any atom is 0.335 e. The molecule has 5 fully saturated rings. The minimum atomic E-state index is -1.75. The second kappa shape index (κ2) is 12.8. The minimum absolute atomic E-state index is 0.0000500. The lowest BCUT2D eigenvalue weighted by molar-refractivity contribution is -0.310. The maximum atomic E-state index is 11.7. The van der Waals surface area contributed by atoms with Crippen molar-refractivity contribution in [2.75, 3.05) is 13.1 Å². The van der Waals surface area contributed by atoms with Gasteiger partial charge < -0.3 is 45.4 Å². The van der Waals surface area contributed by atoms with Crippen molar-refractivity contribution in [1.82, 2.24) is 5.32 Å². The van der Waals surface area contributed by atoms with Crippen LogP contribution in [-0.2, 0) is 19.1 Å². The number of aliphatic hydroxyl groups is 4. The molecule has 1 saturated heterocycles. The normalized spacial score (nSPS) is 48.5. The number of carboxylic acids is 2. The zero-order chi connectivity index (χ0) is 31.3. The van der Waals surface area contributed by atoms with E-state index in [4.69, 9.17) is 14.6 Å². The first kappa shape index (κ1) is 33.0. The highest BCUT2D eigenvalue weighted by Crippen LogP contribution is 2.68. The van der Waals surface area contributed by atoms with E-state index in [1.807, 2.05) is 0 Å². The summed E-state index contributed by atoms with van der Waals surface area (Å²) in [6, 6.07) is 0. The molecule has 1 heterocycles. The predicted molar refractivity (Wildman–Crippen MR) is 155 cm³/mol. The Hall–Kier alpha value is -1.34. The van der Waals surface area contributed by atoms with Crippen LogP contribution in [0.5, 0.6) is 0 Å². The summed E-state index contributed by atoms with van der Waals surface area (Å²) in [7, 11) is 0. The number of rotatable bonds is 10. The molecule has 0 radical (unpaired) electrons. The van der Waals surface area contributed by atoms with Crippen LogP contribution in [-0.4, -0.2) is 98.6 Å². The molecular weight excluding hydrogens is 558 g/mol. The van der Waals surface area contributed by atoms with Gasteiger partial charge in [0.2, 0.25) is 0 Å². The fourth-order valence-electron chi connectivity index (χ4n) is 10.6. The van der Waals surface area contributed by atoms with Crippen LogP contribution in [0.1, 0.15) is 85.0 Å². The van der Waals surface area contributed by atoms with Gasteiger partial charge in [-0.2, -0.15) is 0 Å². The topological polar surface area (TPSA) is 186 Å². The molecule has 0 aromatic carbocycles. The van der Waals surface area contributed by atoms with Gasteiger partial charge >= 0.3 is 11.9 Å². The van der Waals surface area contributed by atoms with Crippen molar-refractivity contribution in [3.8, 4) is 0 Å². The molecule has 15 atom stereocenters. The van der Waals surface area contributed by atoms with Crippen molar-refractivity contribution in [1.29, 1.82) is 0 Å². The van der Waals surface area contributed by atoms with E-state index < -0.39 is 48.7 Å². The summed E-state index contributed by atoms with van der Waals surface area (Å²) >= 11 is 0. The quantitative estimate of drug-likeness (QED) is 0.141. The number of ether oxygens (including phenoxy) is 2. The van der Waals surface area contributed by atoms with Crippen LogP contribution in [0.3, 0.4) is 0 Å². The summed E-state index contributed by atoms with van der Waals surface area (Å²) < 4.78 is 11.5. The Labute approximate surface area is 254 Å². The molecule has 43 heavy (non-hydrogen) atoms. The fraction of sp³-hybridized carbons (Fsp3) is 0.938. The van der Waals surface area contributed by atoms with Crippen LogP contribution >= 0.6 is 0 Å². The van der Waals surface area contributed by atoms with Crippen molar-refractivity contribution < 1.29 is 49.7 Å². The summed E-state index contributed by atoms with van der Waals surface area (Å²) in [6.07, 6.45) is 0.825. The molecule has 0 aromatic rings. The van der Waals surface area contributed by atoms with Crippen LogP contribution in [0, 0.1) is 46.3 Å². The second-order valence-electron chi connectivity index (χ2n) is 15.0. The Morgan fingerprint density at radius 2 is 1.63 bits per heavy atom. The molecule has 0 aromatic heterocycles. The number of fused-ring (bicyclic) bond motifs is 5. The van der Waals surface area contributed by atoms with Crippen molar-refractivity contribution in [3.05, 3.63) is 0 Å². The van der Waals surface area contributed by atoms with Gasteiger partial charge in [-0.05, 0) is 117 Å². The zero-order valence-corrected chi connectivity index (χ0v) is 25.8. The summed E-state index contributed by atoms with van der Waals surface area (Å²) in [5.74, 6) is 0.279. The van der Waals surface area contributed by atoms with Gasteiger partial charge in [-0.1, -0.05) is 20.8 Å². The molecule has 0 amide bonds. The fourth-order valence-corrected chi connectivity index (χ4v) is 10.6. The molecule has 5 rings (SSSR count). The molecule has 0 spiro atoms. The van der Waals surface area contributed by atoms with Crippen molar-refractivity contribution in [2.24, 2.45) is 46.3 Å². The van der Waals surface area contributed by atoms with Gasteiger partial charge in [-0.3, -0.25) is 4.79 Å². The van der Waals surface area contributed by atoms with Gasteiger partial charge in [0.15, 0.2) is 12.4 Å². The second-order valence-corrected chi connectivity index (χ2v) is 15.0. The SMILES string of the molecule is C[C@H](CCCNCC(=O)O)[C@H]1CC[C@H]2[C@@H]3[C@@H](O)C[C@@H]4C[C@H](O[C@@H]5O[C@H](C(=O)O)[C@@H](O)[C@H](O)[C@H]5O)CC[C@]4(C)[C@H]3CC[C@]12C. The molecule has 0 bridgehead atoms. The van der Waals surface area contributed by atoms with E-state index in [9.17, 15) is 35.1 Å². The molecule has 0 unspecified atom stereocenters. The lowest BCUT2D eigenvalue weighted by Gasteiger charge is -2.62. The van der Waals surface area contributed by atoms with E-state index >= 15 is 0 Å². The molecule has 246 valence electrons. The van der Waals surface area contributed by atoms with Crippen molar-refractivity contribution >= 4 is 11.9 Å². The highest BCUT2D eigenvalue weighted by atomic mass is 16.7. The summed E-state index contributed by atoms with van der Waals surface area (Å²) in [6.45, 7) is 7.91. The van der Waals surface area contributed by atoms with E-state index in [0.29, 0.717) is 49.5 Å². The van der Waals surface area contributed by atoms with Crippen LogP contribution in [0.15, 0.2) is 0 Å². The molecule has 7 N–H and O–H groups in total. The lowest BCUT2D eigenvalue weighted by atomic mass is 9.43. The third kappa shape index (κ3) is 6.12. The Morgan fingerprint density at radius 1 is 0.930 bits per heavy atom. The zero-order valence-electron chi connectivity index (χ0n) is 25.8. The number of carbonyl (C=O) groups is 2. The molecule has 5 aliphatic rings. The van der Waals surface area contributed by atoms with Crippen LogP contribution in [0.25, 0.3) is 0 Å². The Kier molecular flexibility index (Phi) is 9.84. The number of hydrogen-bond acceptors (Lipinski definition) is 9. The van der Waals surface area contributed by atoms with Crippen LogP contribution < -0.4 is 5.32 Å².